The molecule has 0 amide bonds. The van der Waals surface area contributed by atoms with Crippen molar-refractivity contribution in [3.63, 3.8) is 0 Å². The van der Waals surface area contributed by atoms with Crippen LogP contribution in [0.25, 0.3) is 10.9 Å². The quantitative estimate of drug-likeness (QED) is 0.518. The van der Waals surface area contributed by atoms with Crippen LogP contribution in [0.4, 0.5) is 0 Å². The first kappa shape index (κ1) is 26.3. The molecule has 1 aromatic heterocycles. The molecule has 0 saturated heterocycles. The third kappa shape index (κ3) is 5.48. The van der Waals surface area contributed by atoms with Crippen LogP contribution in [0, 0.1) is 0 Å². The van der Waals surface area contributed by atoms with Gasteiger partial charge in [-0.2, -0.15) is 0 Å². The molecule has 1 heterocycles. The van der Waals surface area contributed by atoms with E-state index in [4.69, 9.17) is 32.5 Å². The Morgan fingerprint density at radius 3 is 2.43 bits per heavy atom. The number of pyridine rings is 1. The van der Waals surface area contributed by atoms with Crippen LogP contribution in [0.5, 0.6) is 11.5 Å². The lowest BCUT2D eigenvalue weighted by atomic mass is 9.76. The van der Waals surface area contributed by atoms with Gasteiger partial charge in [0, 0.05) is 40.7 Å². The number of benzene rings is 2. The summed E-state index contributed by atoms with van der Waals surface area (Å²) in [5.41, 5.74) is 15.1. The van der Waals surface area contributed by atoms with Crippen molar-refractivity contribution in [1.82, 2.24) is 4.98 Å². The van der Waals surface area contributed by atoms with Crippen molar-refractivity contribution in [3.8, 4) is 11.5 Å². The van der Waals surface area contributed by atoms with Gasteiger partial charge in [-0.15, -0.1) is 24.8 Å². The minimum Gasteiger partial charge on any atom is -0.497 e. The van der Waals surface area contributed by atoms with Crippen LogP contribution in [0.15, 0.2) is 48.7 Å². The van der Waals surface area contributed by atoms with Gasteiger partial charge in [0.15, 0.2) is 0 Å². The molecule has 0 aliphatic carbocycles. The van der Waals surface area contributed by atoms with E-state index in [1.807, 2.05) is 49.4 Å². The number of ether oxygens (including phenoxy) is 2. The van der Waals surface area contributed by atoms with Crippen LogP contribution in [-0.2, 0) is 6.42 Å². The van der Waals surface area contributed by atoms with E-state index in [2.05, 4.69) is 4.98 Å². The second kappa shape index (κ2) is 11.0. The topological polar surface area (TPSA) is 83.4 Å². The summed E-state index contributed by atoms with van der Waals surface area (Å²) >= 11 is 6.15. The Balaban J connectivity index is 0.00000225. The molecule has 8 heteroatoms. The molecular weight excluding hydrogens is 445 g/mol. The SMILES string of the molecule is COc1ccc(CC(c2ccnc3cc(Cl)ccc23)C(C)(N)CN)c(OC)c1.Cl.Cl. The van der Waals surface area contributed by atoms with E-state index in [-0.39, 0.29) is 30.7 Å². The summed E-state index contributed by atoms with van der Waals surface area (Å²) in [4.78, 5) is 4.46. The van der Waals surface area contributed by atoms with Crippen molar-refractivity contribution in [2.45, 2.75) is 24.8 Å². The number of nitrogens with zero attached hydrogens (tertiary/aromatic N) is 1. The van der Waals surface area contributed by atoms with Gasteiger partial charge in [-0.3, -0.25) is 4.98 Å². The van der Waals surface area contributed by atoms with Gasteiger partial charge < -0.3 is 20.9 Å². The van der Waals surface area contributed by atoms with Gasteiger partial charge in [0.2, 0.25) is 0 Å². The Bertz CT molecular complexity index is 983. The van der Waals surface area contributed by atoms with E-state index in [9.17, 15) is 0 Å². The summed E-state index contributed by atoms with van der Waals surface area (Å²) in [6.45, 7) is 2.32. The van der Waals surface area contributed by atoms with E-state index in [1.165, 1.54) is 0 Å². The third-order valence-corrected chi connectivity index (χ3v) is 5.50. The highest BCUT2D eigenvalue weighted by molar-refractivity contribution is 6.31. The van der Waals surface area contributed by atoms with Crippen LogP contribution in [0.3, 0.4) is 0 Å². The zero-order chi connectivity index (χ0) is 20.3. The molecule has 3 aromatic rings. The Morgan fingerprint density at radius 2 is 1.80 bits per heavy atom. The molecule has 2 unspecified atom stereocenters. The predicted octanol–water partition coefficient (Wildman–Crippen LogP) is 4.75. The Kier molecular flexibility index (Phi) is 9.66. The van der Waals surface area contributed by atoms with Crippen molar-refractivity contribution in [2.75, 3.05) is 20.8 Å². The van der Waals surface area contributed by atoms with Crippen molar-refractivity contribution < 1.29 is 9.47 Å². The highest BCUT2D eigenvalue weighted by Crippen LogP contribution is 2.37. The summed E-state index contributed by atoms with van der Waals surface area (Å²) in [5.74, 6) is 1.46. The lowest BCUT2D eigenvalue weighted by Crippen LogP contribution is -2.50. The highest BCUT2D eigenvalue weighted by atomic mass is 35.5. The number of nitrogens with two attached hydrogens (primary N) is 2. The van der Waals surface area contributed by atoms with Crippen LogP contribution >= 0.6 is 36.4 Å². The maximum absolute atomic E-state index is 6.67. The van der Waals surface area contributed by atoms with Gasteiger partial charge in [-0.05, 0) is 48.7 Å². The number of hydrogen-bond donors (Lipinski definition) is 2. The molecule has 0 radical (unpaired) electrons. The number of methoxy groups -OCH3 is 2. The predicted molar refractivity (Wildman–Crippen MR) is 129 cm³/mol. The lowest BCUT2D eigenvalue weighted by molar-refractivity contribution is 0.368. The second-order valence-corrected chi connectivity index (χ2v) is 7.64. The lowest BCUT2D eigenvalue weighted by Gasteiger charge is -2.34. The molecule has 4 N–H and O–H groups in total. The summed E-state index contributed by atoms with van der Waals surface area (Å²) < 4.78 is 10.9. The van der Waals surface area contributed by atoms with Crippen molar-refractivity contribution in [2.24, 2.45) is 11.5 Å². The normalized spacial score (nSPS) is 13.5. The van der Waals surface area contributed by atoms with Crippen LogP contribution in [-0.4, -0.2) is 31.3 Å². The monoisotopic (exact) mass is 471 g/mol. The van der Waals surface area contributed by atoms with Crippen molar-refractivity contribution >= 4 is 47.3 Å². The van der Waals surface area contributed by atoms with Crippen molar-refractivity contribution in [3.05, 3.63) is 64.8 Å². The fourth-order valence-electron chi connectivity index (χ4n) is 3.53. The molecule has 164 valence electrons. The van der Waals surface area contributed by atoms with Crippen LogP contribution in [0.2, 0.25) is 5.02 Å². The van der Waals surface area contributed by atoms with Gasteiger partial charge in [-0.1, -0.05) is 23.7 Å². The third-order valence-electron chi connectivity index (χ3n) is 5.27. The molecule has 2 aromatic carbocycles. The molecule has 0 saturated carbocycles. The van der Waals surface area contributed by atoms with E-state index >= 15 is 0 Å². The molecule has 0 bridgehead atoms. The standard InChI is InChI=1S/C22H26ClN3O2.2ClH/c1-22(25,13-24)19(10-14-4-6-16(27-2)12-21(14)28-3)17-8-9-26-20-11-15(23)5-7-18(17)20;;/h4-9,11-12,19H,10,13,24-25H2,1-3H3;2*1H. The molecular formula is C22H28Cl3N3O2. The zero-order valence-corrected chi connectivity index (χ0v) is 19.6. The van der Waals surface area contributed by atoms with E-state index < -0.39 is 5.54 Å². The second-order valence-electron chi connectivity index (χ2n) is 7.21. The van der Waals surface area contributed by atoms with E-state index in [0.717, 1.165) is 33.5 Å². The maximum atomic E-state index is 6.67. The molecule has 0 aliphatic rings. The van der Waals surface area contributed by atoms with Crippen LogP contribution in [0.1, 0.15) is 24.0 Å². The fourth-order valence-corrected chi connectivity index (χ4v) is 3.69. The van der Waals surface area contributed by atoms with Crippen molar-refractivity contribution in [1.29, 1.82) is 0 Å². The average molecular weight is 473 g/mol. The molecule has 5 nitrogen and oxygen atoms in total. The smallest absolute Gasteiger partial charge is 0.125 e. The zero-order valence-electron chi connectivity index (χ0n) is 17.2. The fraction of sp³-hybridized carbons (Fsp3) is 0.318. The van der Waals surface area contributed by atoms with E-state index in [0.29, 0.717) is 18.0 Å². The van der Waals surface area contributed by atoms with Gasteiger partial charge >= 0.3 is 0 Å². The Hall–Kier alpha value is -1.76. The molecule has 0 fully saturated rings. The number of rotatable bonds is 7. The molecule has 3 rings (SSSR count). The summed E-state index contributed by atoms with van der Waals surface area (Å²) in [6.07, 6.45) is 2.46. The molecule has 0 aliphatic heterocycles. The van der Waals surface area contributed by atoms with Gasteiger partial charge in [0.05, 0.1) is 19.7 Å². The van der Waals surface area contributed by atoms with Gasteiger partial charge in [-0.25, -0.2) is 0 Å². The summed E-state index contributed by atoms with van der Waals surface area (Å²) in [7, 11) is 3.29. The minimum atomic E-state index is -0.626. The maximum Gasteiger partial charge on any atom is 0.125 e. The number of hydrogen-bond acceptors (Lipinski definition) is 5. The Morgan fingerprint density at radius 1 is 1.07 bits per heavy atom. The average Bonchev–Trinajstić information content (AvgIpc) is 2.71. The summed E-state index contributed by atoms with van der Waals surface area (Å²) in [5, 5.41) is 1.68. The number of aromatic nitrogens is 1. The number of halogens is 3. The molecule has 2 atom stereocenters. The van der Waals surface area contributed by atoms with E-state index in [1.54, 1.807) is 20.4 Å². The van der Waals surface area contributed by atoms with Gasteiger partial charge in [0.25, 0.3) is 0 Å². The largest absolute Gasteiger partial charge is 0.497 e. The molecule has 30 heavy (non-hydrogen) atoms. The minimum absolute atomic E-state index is 0. The van der Waals surface area contributed by atoms with Gasteiger partial charge in [0.1, 0.15) is 11.5 Å². The Labute approximate surface area is 194 Å². The van der Waals surface area contributed by atoms with Crippen LogP contribution < -0.4 is 20.9 Å². The first-order valence-corrected chi connectivity index (χ1v) is 9.51. The highest BCUT2D eigenvalue weighted by Gasteiger charge is 2.32. The summed E-state index contributed by atoms with van der Waals surface area (Å²) in [6, 6.07) is 13.6. The number of fused-ring (bicyclic) bond motifs is 1. The first-order valence-electron chi connectivity index (χ1n) is 9.13. The molecule has 0 spiro atoms. The first-order chi connectivity index (χ1) is 13.4.